The first-order chi connectivity index (χ1) is 11.6. The van der Waals surface area contributed by atoms with Gasteiger partial charge in [0.1, 0.15) is 11.6 Å². The Hall–Kier alpha value is -3.15. The number of halogens is 1. The lowest BCUT2D eigenvalue weighted by atomic mass is 10.1. The maximum absolute atomic E-state index is 13.0. The predicted molar refractivity (Wildman–Crippen MR) is 88.3 cm³/mol. The summed E-state index contributed by atoms with van der Waals surface area (Å²) in [7, 11) is 0. The van der Waals surface area contributed by atoms with E-state index in [0.717, 1.165) is 10.9 Å². The van der Waals surface area contributed by atoms with E-state index in [4.69, 9.17) is 4.74 Å². The van der Waals surface area contributed by atoms with Crippen molar-refractivity contribution in [3.63, 3.8) is 0 Å². The number of hydrogen-bond acceptors (Lipinski definition) is 3. The molecular formula is C18H15FN2O3. The number of hydrogen-bond donors (Lipinski definition) is 2. The molecule has 0 aliphatic heterocycles. The average Bonchev–Trinajstić information content (AvgIpc) is 2.58. The number of fused-ring (bicyclic) bond motifs is 1. The third kappa shape index (κ3) is 3.78. The SMILES string of the molecule is O=C(COc1cccc(F)c1)NCc1cc2ccccc2[nH]c1=O. The molecule has 2 aromatic carbocycles. The first kappa shape index (κ1) is 15.7. The number of H-pyrrole nitrogens is 1. The van der Waals surface area contributed by atoms with Crippen LogP contribution in [0.25, 0.3) is 10.9 Å². The molecule has 3 aromatic rings. The number of ether oxygens (including phenoxy) is 1. The summed E-state index contributed by atoms with van der Waals surface area (Å²) in [6.07, 6.45) is 0. The molecule has 0 fully saturated rings. The van der Waals surface area contributed by atoms with Crippen LogP contribution >= 0.6 is 0 Å². The maximum atomic E-state index is 13.0. The lowest BCUT2D eigenvalue weighted by molar-refractivity contribution is -0.123. The fourth-order valence-corrected chi connectivity index (χ4v) is 2.27. The molecule has 0 atom stereocenters. The van der Waals surface area contributed by atoms with Gasteiger partial charge in [0, 0.05) is 23.7 Å². The second-order valence-corrected chi connectivity index (χ2v) is 5.23. The van der Waals surface area contributed by atoms with Crippen LogP contribution in [0.4, 0.5) is 4.39 Å². The number of para-hydroxylation sites is 1. The van der Waals surface area contributed by atoms with Crippen molar-refractivity contribution in [2.45, 2.75) is 6.54 Å². The minimum Gasteiger partial charge on any atom is -0.484 e. The van der Waals surface area contributed by atoms with Crippen molar-refractivity contribution in [1.82, 2.24) is 10.3 Å². The van der Waals surface area contributed by atoms with Crippen molar-refractivity contribution in [2.75, 3.05) is 6.61 Å². The molecule has 0 saturated carbocycles. The summed E-state index contributed by atoms with van der Waals surface area (Å²) in [5.41, 5.74) is 0.944. The second-order valence-electron chi connectivity index (χ2n) is 5.23. The van der Waals surface area contributed by atoms with E-state index >= 15 is 0 Å². The van der Waals surface area contributed by atoms with E-state index in [1.807, 2.05) is 24.3 Å². The summed E-state index contributed by atoms with van der Waals surface area (Å²) >= 11 is 0. The van der Waals surface area contributed by atoms with E-state index in [1.54, 1.807) is 12.1 Å². The summed E-state index contributed by atoms with van der Waals surface area (Å²) in [6.45, 7) is -0.166. The van der Waals surface area contributed by atoms with E-state index < -0.39 is 11.7 Å². The zero-order chi connectivity index (χ0) is 16.9. The van der Waals surface area contributed by atoms with E-state index in [9.17, 15) is 14.0 Å². The molecule has 2 N–H and O–H groups in total. The van der Waals surface area contributed by atoms with Crippen LogP contribution in [0.1, 0.15) is 5.56 Å². The summed E-state index contributed by atoms with van der Waals surface area (Å²) in [4.78, 5) is 26.6. The standard InChI is InChI=1S/C18H15FN2O3/c19-14-5-3-6-15(9-14)24-11-17(22)20-10-13-8-12-4-1-2-7-16(12)21-18(13)23/h1-9H,10-11H2,(H,20,22)(H,21,23). The van der Waals surface area contributed by atoms with Gasteiger partial charge in [-0.1, -0.05) is 24.3 Å². The molecular weight excluding hydrogens is 311 g/mol. The molecule has 0 bridgehead atoms. The molecule has 24 heavy (non-hydrogen) atoms. The lowest BCUT2D eigenvalue weighted by Crippen LogP contribution is -2.30. The van der Waals surface area contributed by atoms with Gasteiger partial charge in [0.2, 0.25) is 0 Å². The second kappa shape index (κ2) is 6.95. The van der Waals surface area contributed by atoms with Gasteiger partial charge in [0.05, 0.1) is 0 Å². The third-order valence-corrected chi connectivity index (χ3v) is 3.47. The van der Waals surface area contributed by atoms with Crippen LogP contribution in [0.3, 0.4) is 0 Å². The van der Waals surface area contributed by atoms with Crippen molar-refractivity contribution in [2.24, 2.45) is 0 Å². The fraction of sp³-hybridized carbons (Fsp3) is 0.111. The molecule has 1 heterocycles. The average molecular weight is 326 g/mol. The van der Waals surface area contributed by atoms with E-state index in [0.29, 0.717) is 5.56 Å². The topological polar surface area (TPSA) is 71.2 Å². The van der Waals surface area contributed by atoms with Crippen molar-refractivity contribution in [3.8, 4) is 5.75 Å². The van der Waals surface area contributed by atoms with Gasteiger partial charge in [0.25, 0.3) is 11.5 Å². The highest BCUT2D eigenvalue weighted by Gasteiger charge is 2.07. The molecule has 1 aromatic heterocycles. The smallest absolute Gasteiger partial charge is 0.258 e. The van der Waals surface area contributed by atoms with Gasteiger partial charge in [0.15, 0.2) is 6.61 Å². The number of benzene rings is 2. The van der Waals surface area contributed by atoms with Crippen LogP contribution < -0.4 is 15.6 Å². The van der Waals surface area contributed by atoms with E-state index in [1.165, 1.54) is 18.2 Å². The number of aromatic amines is 1. The summed E-state index contributed by atoms with van der Waals surface area (Å²) in [6, 6.07) is 14.7. The first-order valence-electron chi connectivity index (χ1n) is 7.38. The van der Waals surface area contributed by atoms with Crippen LogP contribution in [0.2, 0.25) is 0 Å². The Balaban J connectivity index is 1.60. The number of rotatable bonds is 5. The zero-order valence-electron chi connectivity index (χ0n) is 12.7. The van der Waals surface area contributed by atoms with Crippen LogP contribution in [0, 0.1) is 5.82 Å². The lowest BCUT2D eigenvalue weighted by Gasteiger charge is -2.08. The minimum atomic E-state index is -0.435. The van der Waals surface area contributed by atoms with Crippen molar-refractivity contribution in [3.05, 3.63) is 76.3 Å². The minimum absolute atomic E-state index is 0.0888. The van der Waals surface area contributed by atoms with Crippen molar-refractivity contribution < 1.29 is 13.9 Å². The molecule has 6 heteroatoms. The number of aromatic nitrogens is 1. The van der Waals surface area contributed by atoms with Gasteiger partial charge in [-0.15, -0.1) is 0 Å². The normalized spacial score (nSPS) is 10.5. The molecule has 0 radical (unpaired) electrons. The van der Waals surface area contributed by atoms with Gasteiger partial charge in [-0.3, -0.25) is 9.59 Å². The van der Waals surface area contributed by atoms with Gasteiger partial charge in [-0.05, 0) is 29.7 Å². The third-order valence-electron chi connectivity index (χ3n) is 3.47. The Labute approximate surface area is 137 Å². The van der Waals surface area contributed by atoms with E-state index in [2.05, 4.69) is 10.3 Å². The molecule has 0 saturated heterocycles. The fourth-order valence-electron chi connectivity index (χ4n) is 2.27. The number of nitrogens with one attached hydrogen (secondary N) is 2. The molecule has 0 unspecified atom stereocenters. The largest absolute Gasteiger partial charge is 0.484 e. The molecule has 0 aliphatic carbocycles. The summed E-state index contributed by atoms with van der Waals surface area (Å²) in [5.74, 6) is -0.559. The van der Waals surface area contributed by atoms with Gasteiger partial charge in [-0.2, -0.15) is 0 Å². The van der Waals surface area contributed by atoms with Crippen molar-refractivity contribution in [1.29, 1.82) is 0 Å². The van der Waals surface area contributed by atoms with Gasteiger partial charge < -0.3 is 15.0 Å². The number of pyridine rings is 1. The molecule has 5 nitrogen and oxygen atoms in total. The molecule has 0 spiro atoms. The Morgan fingerprint density at radius 1 is 1.12 bits per heavy atom. The van der Waals surface area contributed by atoms with Gasteiger partial charge in [-0.25, -0.2) is 4.39 Å². The van der Waals surface area contributed by atoms with Crippen LogP contribution in [0.15, 0.2) is 59.4 Å². The number of amides is 1. The van der Waals surface area contributed by atoms with Crippen LogP contribution in [0.5, 0.6) is 5.75 Å². The van der Waals surface area contributed by atoms with Crippen molar-refractivity contribution >= 4 is 16.8 Å². The Kier molecular flexibility index (Phi) is 4.56. The van der Waals surface area contributed by atoms with E-state index in [-0.39, 0.29) is 24.5 Å². The first-order valence-corrected chi connectivity index (χ1v) is 7.38. The van der Waals surface area contributed by atoms with Crippen LogP contribution in [-0.2, 0) is 11.3 Å². The molecule has 0 aliphatic rings. The summed E-state index contributed by atoms with van der Waals surface area (Å²) < 4.78 is 18.2. The van der Waals surface area contributed by atoms with Gasteiger partial charge >= 0.3 is 0 Å². The quantitative estimate of drug-likeness (QED) is 0.756. The Bertz CT molecular complexity index is 937. The number of carbonyl (C=O) groups is 1. The monoisotopic (exact) mass is 326 g/mol. The highest BCUT2D eigenvalue weighted by molar-refractivity contribution is 5.79. The highest BCUT2D eigenvalue weighted by atomic mass is 19.1. The highest BCUT2D eigenvalue weighted by Crippen LogP contribution is 2.12. The molecule has 1 amide bonds. The zero-order valence-corrected chi connectivity index (χ0v) is 12.7. The Morgan fingerprint density at radius 2 is 1.96 bits per heavy atom. The summed E-state index contributed by atoms with van der Waals surface area (Å²) in [5, 5.41) is 3.50. The molecule has 3 rings (SSSR count). The Morgan fingerprint density at radius 3 is 2.79 bits per heavy atom. The van der Waals surface area contributed by atoms with Crippen LogP contribution in [-0.4, -0.2) is 17.5 Å². The maximum Gasteiger partial charge on any atom is 0.258 e. The molecule has 122 valence electrons. The number of carbonyl (C=O) groups excluding carboxylic acids is 1. The predicted octanol–water partition coefficient (Wildman–Crippen LogP) is 2.36.